The molecule has 14 heavy (non-hydrogen) atoms. The molecule has 0 fully saturated rings. The normalized spacial score (nSPS) is 11.1. The first-order chi connectivity index (χ1) is 6.52. The van der Waals surface area contributed by atoms with Gasteiger partial charge in [-0.1, -0.05) is 26.3 Å². The molecule has 82 valence electrons. The fourth-order valence-electron chi connectivity index (χ4n) is 0.981. The largest absolute Gasteiger partial charge is 0.436 e. The number of unbranched alkanes of at least 4 members (excludes halogenated alkanes) is 1. The molecule has 0 aromatic rings. The monoisotopic (exact) mass is 216 g/mol. The molecule has 0 aromatic carbocycles. The molecule has 0 saturated carbocycles. The number of rotatable bonds is 7. The topological polar surface area (TPSA) is 35.5 Å². The van der Waals surface area contributed by atoms with E-state index in [-0.39, 0.29) is 6.79 Å². The van der Waals surface area contributed by atoms with Crippen molar-refractivity contribution in [2.24, 2.45) is 0 Å². The SMILES string of the molecule is C=CC(=O)OCO[Si](C)(C)CCCC. The second-order valence-electron chi connectivity index (χ2n) is 3.79. The van der Waals surface area contributed by atoms with E-state index in [1.54, 1.807) is 0 Å². The maximum Gasteiger partial charge on any atom is 0.332 e. The van der Waals surface area contributed by atoms with Gasteiger partial charge in [0.25, 0.3) is 0 Å². The third-order valence-corrected chi connectivity index (χ3v) is 4.41. The van der Waals surface area contributed by atoms with Crippen molar-refractivity contribution in [2.75, 3.05) is 6.79 Å². The Morgan fingerprint density at radius 3 is 2.64 bits per heavy atom. The molecule has 0 aromatic heterocycles. The fraction of sp³-hybridized carbons (Fsp3) is 0.700. The van der Waals surface area contributed by atoms with E-state index in [0.29, 0.717) is 0 Å². The lowest BCUT2D eigenvalue weighted by molar-refractivity contribution is -0.144. The Morgan fingerprint density at radius 2 is 2.14 bits per heavy atom. The Morgan fingerprint density at radius 1 is 1.50 bits per heavy atom. The van der Waals surface area contributed by atoms with Crippen molar-refractivity contribution in [3.8, 4) is 0 Å². The first-order valence-electron chi connectivity index (χ1n) is 4.95. The van der Waals surface area contributed by atoms with Gasteiger partial charge in [-0.05, 0) is 19.1 Å². The predicted octanol–water partition coefficient (Wildman–Crippen LogP) is 2.69. The van der Waals surface area contributed by atoms with Gasteiger partial charge in [-0.3, -0.25) is 0 Å². The van der Waals surface area contributed by atoms with Crippen LogP contribution >= 0.6 is 0 Å². The van der Waals surface area contributed by atoms with Crippen LogP contribution in [0.1, 0.15) is 19.8 Å². The summed E-state index contributed by atoms with van der Waals surface area (Å²) in [7, 11) is -1.62. The third kappa shape index (κ3) is 6.86. The summed E-state index contributed by atoms with van der Waals surface area (Å²) in [5.74, 6) is -0.426. The highest BCUT2D eigenvalue weighted by Gasteiger charge is 2.21. The summed E-state index contributed by atoms with van der Waals surface area (Å²) in [6.07, 6.45) is 3.49. The Kier molecular flexibility index (Phi) is 6.49. The van der Waals surface area contributed by atoms with Crippen LogP contribution in [0.2, 0.25) is 19.1 Å². The molecular formula is C10H20O3Si. The summed E-state index contributed by atoms with van der Waals surface area (Å²) in [5, 5.41) is 0. The molecule has 0 radical (unpaired) electrons. The lowest BCUT2D eigenvalue weighted by Gasteiger charge is -2.21. The molecule has 0 N–H and O–H groups in total. The Labute approximate surface area is 87.2 Å². The van der Waals surface area contributed by atoms with Crippen LogP contribution in [-0.2, 0) is 14.0 Å². The van der Waals surface area contributed by atoms with Gasteiger partial charge in [0.15, 0.2) is 15.1 Å². The first kappa shape index (κ1) is 13.4. The highest BCUT2D eigenvalue weighted by atomic mass is 28.4. The van der Waals surface area contributed by atoms with Crippen LogP contribution in [0.5, 0.6) is 0 Å². The predicted molar refractivity (Wildman–Crippen MR) is 59.4 cm³/mol. The average Bonchev–Trinajstić information content (AvgIpc) is 2.14. The van der Waals surface area contributed by atoms with Crippen molar-refractivity contribution >= 4 is 14.3 Å². The minimum absolute atomic E-state index is 0.0633. The maximum absolute atomic E-state index is 10.7. The zero-order valence-electron chi connectivity index (χ0n) is 9.34. The van der Waals surface area contributed by atoms with Gasteiger partial charge >= 0.3 is 5.97 Å². The van der Waals surface area contributed by atoms with E-state index in [2.05, 4.69) is 26.6 Å². The smallest absolute Gasteiger partial charge is 0.332 e. The second-order valence-corrected chi connectivity index (χ2v) is 8.10. The number of hydrogen-bond donors (Lipinski definition) is 0. The zero-order chi connectivity index (χ0) is 11.0. The molecule has 0 aliphatic rings. The van der Waals surface area contributed by atoms with Gasteiger partial charge < -0.3 is 9.16 Å². The molecule has 0 spiro atoms. The molecule has 0 aliphatic carbocycles. The van der Waals surface area contributed by atoms with Crippen LogP contribution in [0.4, 0.5) is 0 Å². The molecular weight excluding hydrogens is 196 g/mol. The molecule has 0 heterocycles. The van der Waals surface area contributed by atoms with Crippen molar-refractivity contribution in [3.05, 3.63) is 12.7 Å². The third-order valence-electron chi connectivity index (χ3n) is 1.95. The molecule has 3 nitrogen and oxygen atoms in total. The lowest BCUT2D eigenvalue weighted by Crippen LogP contribution is -2.31. The van der Waals surface area contributed by atoms with Gasteiger partial charge in [0, 0.05) is 6.08 Å². The van der Waals surface area contributed by atoms with E-state index >= 15 is 0 Å². The molecule has 0 saturated heterocycles. The summed E-state index contributed by atoms with van der Waals surface area (Å²) < 4.78 is 10.3. The second kappa shape index (κ2) is 6.78. The average molecular weight is 216 g/mol. The quantitative estimate of drug-likeness (QED) is 0.284. The number of carbonyl (C=O) groups excluding carboxylic acids is 1. The van der Waals surface area contributed by atoms with Gasteiger partial charge in [0.05, 0.1) is 0 Å². The van der Waals surface area contributed by atoms with Crippen molar-refractivity contribution in [1.82, 2.24) is 0 Å². The Balaban J connectivity index is 3.64. The van der Waals surface area contributed by atoms with Crippen molar-refractivity contribution in [2.45, 2.75) is 38.9 Å². The van der Waals surface area contributed by atoms with Crippen molar-refractivity contribution in [3.63, 3.8) is 0 Å². The molecule has 0 unspecified atom stereocenters. The molecule has 0 amide bonds. The summed E-state index contributed by atoms with van der Waals surface area (Å²) in [5.41, 5.74) is 0. The van der Waals surface area contributed by atoms with Crippen LogP contribution in [0, 0.1) is 0 Å². The van der Waals surface area contributed by atoms with E-state index < -0.39 is 14.3 Å². The van der Waals surface area contributed by atoms with Crippen molar-refractivity contribution in [1.29, 1.82) is 0 Å². The summed E-state index contributed by atoms with van der Waals surface area (Å²) in [4.78, 5) is 10.7. The lowest BCUT2D eigenvalue weighted by atomic mass is 10.4. The minimum Gasteiger partial charge on any atom is -0.436 e. The fourth-order valence-corrected chi connectivity index (χ4v) is 2.71. The van der Waals surface area contributed by atoms with Crippen LogP contribution in [0.3, 0.4) is 0 Å². The summed E-state index contributed by atoms with van der Waals surface area (Å²) >= 11 is 0. The van der Waals surface area contributed by atoms with Crippen LogP contribution in [0.25, 0.3) is 0 Å². The van der Waals surface area contributed by atoms with Gasteiger partial charge in [-0.15, -0.1) is 0 Å². The van der Waals surface area contributed by atoms with E-state index in [4.69, 9.17) is 9.16 Å². The van der Waals surface area contributed by atoms with Gasteiger partial charge in [0.1, 0.15) is 0 Å². The molecule has 0 rings (SSSR count). The van der Waals surface area contributed by atoms with Crippen LogP contribution in [-0.4, -0.2) is 21.1 Å². The molecule has 0 bridgehead atoms. The first-order valence-corrected chi connectivity index (χ1v) is 8.06. The van der Waals surface area contributed by atoms with E-state index in [1.807, 2.05) is 0 Å². The minimum atomic E-state index is -1.62. The zero-order valence-corrected chi connectivity index (χ0v) is 10.3. The summed E-state index contributed by atoms with van der Waals surface area (Å²) in [6.45, 7) is 9.78. The van der Waals surface area contributed by atoms with Crippen molar-refractivity contribution < 1.29 is 14.0 Å². The van der Waals surface area contributed by atoms with Gasteiger partial charge in [-0.2, -0.15) is 0 Å². The van der Waals surface area contributed by atoms with E-state index in [1.165, 1.54) is 12.8 Å². The highest BCUT2D eigenvalue weighted by Crippen LogP contribution is 2.14. The van der Waals surface area contributed by atoms with Gasteiger partial charge in [-0.25, -0.2) is 4.79 Å². The van der Waals surface area contributed by atoms with Crippen LogP contribution in [0.15, 0.2) is 12.7 Å². The Bertz CT molecular complexity index is 190. The van der Waals surface area contributed by atoms with E-state index in [9.17, 15) is 4.79 Å². The number of ether oxygens (including phenoxy) is 1. The number of carbonyl (C=O) groups is 1. The standard InChI is InChI=1S/C10H20O3Si/c1-5-7-8-14(3,4)13-9-12-10(11)6-2/h6H,2,5,7-9H2,1,3-4H3. The maximum atomic E-state index is 10.7. The van der Waals surface area contributed by atoms with Crippen LogP contribution < -0.4 is 0 Å². The number of esters is 1. The van der Waals surface area contributed by atoms with E-state index in [0.717, 1.165) is 12.1 Å². The Hall–Kier alpha value is -0.613. The molecule has 4 heteroatoms. The molecule has 0 aliphatic heterocycles. The number of hydrogen-bond acceptors (Lipinski definition) is 3. The molecule has 0 atom stereocenters. The highest BCUT2D eigenvalue weighted by molar-refractivity contribution is 6.71. The summed E-state index contributed by atoms with van der Waals surface area (Å²) in [6, 6.07) is 1.11. The van der Waals surface area contributed by atoms with Gasteiger partial charge in [0.2, 0.25) is 0 Å².